The molecule has 1 aromatic carbocycles. The lowest BCUT2D eigenvalue weighted by Crippen LogP contribution is -2.05. The van der Waals surface area contributed by atoms with Crippen LogP contribution >= 0.6 is 22.9 Å². The average molecular weight is 343 g/mol. The first-order valence-electron chi connectivity index (χ1n) is 6.28. The lowest BCUT2D eigenvalue weighted by molar-refractivity contribution is 0.597. The van der Waals surface area contributed by atoms with Crippen LogP contribution in [0.5, 0.6) is 0 Å². The molecule has 4 nitrogen and oxygen atoms in total. The summed E-state index contributed by atoms with van der Waals surface area (Å²) in [5.74, 6) is 5.66. The Balaban J connectivity index is 2.29. The molecular weight excluding hydrogens is 328 g/mol. The van der Waals surface area contributed by atoms with Gasteiger partial charge < -0.3 is 5.84 Å². The van der Waals surface area contributed by atoms with Crippen molar-refractivity contribution in [2.45, 2.75) is 12.7 Å². The van der Waals surface area contributed by atoms with Crippen LogP contribution in [0.4, 0.5) is 0 Å². The van der Waals surface area contributed by atoms with E-state index in [4.69, 9.17) is 17.4 Å². The van der Waals surface area contributed by atoms with Crippen molar-refractivity contribution in [1.82, 2.24) is 0 Å². The van der Waals surface area contributed by atoms with Crippen molar-refractivity contribution in [1.29, 1.82) is 0 Å². The molecule has 0 aliphatic carbocycles. The van der Waals surface area contributed by atoms with Gasteiger partial charge in [-0.3, -0.25) is 0 Å². The van der Waals surface area contributed by atoms with E-state index in [1.54, 1.807) is 25.1 Å². The molecule has 2 N–H and O–H groups in total. The van der Waals surface area contributed by atoms with E-state index < -0.39 is 9.84 Å². The number of sulfone groups is 1. The molecule has 1 heterocycles. The quantitative estimate of drug-likeness (QED) is 0.515. The van der Waals surface area contributed by atoms with Crippen molar-refractivity contribution >= 4 is 38.5 Å². The molecule has 2 rings (SSSR count). The normalized spacial score (nSPS) is 12.6. The maximum atomic E-state index is 11.7. The number of rotatable bonds is 5. The van der Waals surface area contributed by atoms with Gasteiger partial charge in [0.1, 0.15) is 5.71 Å². The van der Waals surface area contributed by atoms with Gasteiger partial charge in [0.15, 0.2) is 9.84 Å². The summed E-state index contributed by atoms with van der Waals surface area (Å²) in [5, 5.41) is 4.46. The number of nitrogens with zero attached hydrogens (tertiary/aromatic N) is 1. The van der Waals surface area contributed by atoms with Crippen LogP contribution in [0.15, 0.2) is 41.5 Å². The first-order valence-corrected chi connectivity index (χ1v) is 9.30. The minimum absolute atomic E-state index is 0.0482. The summed E-state index contributed by atoms with van der Waals surface area (Å²) < 4.78 is 23.3. The third-order valence-electron chi connectivity index (χ3n) is 2.94. The molecule has 0 aliphatic rings. The van der Waals surface area contributed by atoms with E-state index in [1.165, 1.54) is 11.3 Å². The zero-order valence-corrected chi connectivity index (χ0v) is 13.8. The monoisotopic (exact) mass is 342 g/mol. The van der Waals surface area contributed by atoms with Gasteiger partial charge in [0.25, 0.3) is 0 Å². The van der Waals surface area contributed by atoms with E-state index in [2.05, 4.69) is 5.10 Å². The van der Waals surface area contributed by atoms with E-state index >= 15 is 0 Å². The van der Waals surface area contributed by atoms with Crippen molar-refractivity contribution in [2.75, 3.05) is 5.75 Å². The highest BCUT2D eigenvalue weighted by Crippen LogP contribution is 2.23. The lowest BCUT2D eigenvalue weighted by atomic mass is 10.1. The van der Waals surface area contributed by atoms with E-state index in [9.17, 15) is 8.42 Å². The average Bonchev–Trinajstić information content (AvgIpc) is 2.89. The fraction of sp³-hybridized carbons (Fsp3) is 0.214. The van der Waals surface area contributed by atoms with Crippen LogP contribution in [-0.4, -0.2) is 19.9 Å². The summed E-state index contributed by atoms with van der Waals surface area (Å²) in [4.78, 5) is 1.61. The number of benzene rings is 1. The Morgan fingerprint density at radius 2 is 1.90 bits per heavy atom. The Bertz CT molecular complexity index is 750. The molecule has 2 aromatic rings. The SMILES string of the molecule is CCS(=O)(=O)Cc1ccc(C(=NN)c2ccc(Cl)cc2)s1. The van der Waals surface area contributed by atoms with Crippen LogP contribution in [0.3, 0.4) is 0 Å². The maximum Gasteiger partial charge on any atom is 0.154 e. The number of hydrazone groups is 1. The molecule has 0 spiro atoms. The zero-order chi connectivity index (χ0) is 15.5. The second-order valence-electron chi connectivity index (χ2n) is 4.43. The van der Waals surface area contributed by atoms with Gasteiger partial charge in [-0.1, -0.05) is 30.7 Å². The summed E-state index contributed by atoms with van der Waals surface area (Å²) in [6.45, 7) is 1.64. The van der Waals surface area contributed by atoms with Crippen LogP contribution in [0.25, 0.3) is 0 Å². The lowest BCUT2D eigenvalue weighted by Gasteiger charge is -2.03. The van der Waals surface area contributed by atoms with Gasteiger partial charge in [-0.25, -0.2) is 8.42 Å². The Labute approximate surface area is 133 Å². The standard InChI is InChI=1S/C14H15ClN2O2S2/c1-2-21(18,19)9-12-7-8-13(20-12)14(17-16)10-3-5-11(15)6-4-10/h3-8H,2,9,16H2,1H3. The summed E-state index contributed by atoms with van der Waals surface area (Å²) in [5.41, 5.74) is 1.46. The van der Waals surface area contributed by atoms with Gasteiger partial charge in [-0.2, -0.15) is 5.10 Å². The molecule has 0 unspecified atom stereocenters. The van der Waals surface area contributed by atoms with Crippen LogP contribution < -0.4 is 5.84 Å². The van der Waals surface area contributed by atoms with Gasteiger partial charge in [0, 0.05) is 21.2 Å². The second kappa shape index (κ2) is 6.60. The number of thiophene rings is 1. The smallest absolute Gasteiger partial charge is 0.154 e. The molecule has 0 amide bonds. The van der Waals surface area contributed by atoms with Gasteiger partial charge in [-0.15, -0.1) is 11.3 Å². The molecule has 0 radical (unpaired) electrons. The summed E-state index contributed by atoms with van der Waals surface area (Å²) >= 11 is 7.25. The van der Waals surface area contributed by atoms with Gasteiger partial charge in [0.2, 0.25) is 0 Å². The molecule has 0 bridgehead atoms. The summed E-state index contributed by atoms with van der Waals surface area (Å²) in [6, 6.07) is 10.8. The first-order chi connectivity index (χ1) is 9.95. The zero-order valence-electron chi connectivity index (χ0n) is 11.4. The fourth-order valence-electron chi connectivity index (χ4n) is 1.79. The Morgan fingerprint density at radius 3 is 2.48 bits per heavy atom. The third kappa shape index (κ3) is 4.06. The fourth-order valence-corrected chi connectivity index (χ4v) is 4.25. The van der Waals surface area contributed by atoms with Crippen molar-refractivity contribution in [2.24, 2.45) is 10.9 Å². The van der Waals surface area contributed by atoms with Crippen molar-refractivity contribution in [3.63, 3.8) is 0 Å². The van der Waals surface area contributed by atoms with Crippen LogP contribution in [0.1, 0.15) is 22.2 Å². The Morgan fingerprint density at radius 1 is 1.24 bits per heavy atom. The first kappa shape index (κ1) is 16.0. The van der Waals surface area contributed by atoms with Crippen molar-refractivity contribution < 1.29 is 8.42 Å². The minimum atomic E-state index is -3.04. The molecule has 7 heteroatoms. The molecule has 0 saturated heterocycles. The predicted molar refractivity (Wildman–Crippen MR) is 88.8 cm³/mol. The maximum absolute atomic E-state index is 11.7. The Kier molecular flexibility index (Phi) is 5.03. The molecule has 0 aliphatic heterocycles. The number of hydrogen-bond acceptors (Lipinski definition) is 5. The highest BCUT2D eigenvalue weighted by Gasteiger charge is 2.14. The van der Waals surface area contributed by atoms with Gasteiger partial charge in [0.05, 0.1) is 10.6 Å². The molecule has 0 atom stereocenters. The van der Waals surface area contributed by atoms with E-state index in [0.717, 1.165) is 15.3 Å². The summed E-state index contributed by atoms with van der Waals surface area (Å²) in [6.07, 6.45) is 0. The molecule has 21 heavy (non-hydrogen) atoms. The molecule has 112 valence electrons. The van der Waals surface area contributed by atoms with Crippen LogP contribution in [0.2, 0.25) is 5.02 Å². The van der Waals surface area contributed by atoms with E-state index in [0.29, 0.717) is 10.7 Å². The second-order valence-corrected chi connectivity index (χ2v) is 8.39. The van der Waals surface area contributed by atoms with Gasteiger partial charge >= 0.3 is 0 Å². The Hall–Kier alpha value is -1.37. The van der Waals surface area contributed by atoms with Gasteiger partial charge in [-0.05, 0) is 24.3 Å². The van der Waals surface area contributed by atoms with Crippen LogP contribution in [-0.2, 0) is 15.6 Å². The van der Waals surface area contributed by atoms with Crippen molar-refractivity contribution in [3.8, 4) is 0 Å². The third-order valence-corrected chi connectivity index (χ3v) is 6.10. The molecule has 1 aromatic heterocycles. The highest BCUT2D eigenvalue weighted by molar-refractivity contribution is 7.90. The number of nitrogens with two attached hydrogens (primary N) is 1. The molecular formula is C14H15ClN2O2S2. The van der Waals surface area contributed by atoms with E-state index in [1.807, 2.05) is 18.2 Å². The largest absolute Gasteiger partial charge is 0.323 e. The molecule has 0 saturated carbocycles. The van der Waals surface area contributed by atoms with E-state index in [-0.39, 0.29) is 11.5 Å². The minimum Gasteiger partial charge on any atom is -0.323 e. The topological polar surface area (TPSA) is 72.5 Å². The number of hydrogen-bond donors (Lipinski definition) is 1. The van der Waals surface area contributed by atoms with Crippen molar-refractivity contribution in [3.05, 3.63) is 56.7 Å². The van der Waals surface area contributed by atoms with Crippen LogP contribution in [0, 0.1) is 0 Å². The molecule has 0 fully saturated rings. The number of halogens is 1. The predicted octanol–water partition coefficient (Wildman–Crippen LogP) is 3.05. The summed E-state index contributed by atoms with van der Waals surface area (Å²) in [7, 11) is -3.04. The highest BCUT2D eigenvalue weighted by atomic mass is 35.5.